The van der Waals surface area contributed by atoms with E-state index in [0.717, 1.165) is 35.9 Å². The Balaban J connectivity index is 1.98. The van der Waals surface area contributed by atoms with Crippen LogP contribution in [0.4, 0.5) is 0 Å². The Bertz CT molecular complexity index is 613. The van der Waals surface area contributed by atoms with E-state index in [0.29, 0.717) is 0 Å². The minimum atomic E-state index is 0.251. The fourth-order valence-electron chi connectivity index (χ4n) is 2.62. The first kappa shape index (κ1) is 13.2. The summed E-state index contributed by atoms with van der Waals surface area (Å²) in [5.74, 6) is 2.38. The van der Waals surface area contributed by atoms with E-state index >= 15 is 0 Å². The normalized spacial score (nSPS) is 18.4. The molecule has 1 saturated heterocycles. The zero-order valence-corrected chi connectivity index (χ0v) is 12.2. The highest BCUT2D eigenvalue weighted by Crippen LogP contribution is 2.34. The highest BCUT2D eigenvalue weighted by atomic mass is 16.5. The van der Waals surface area contributed by atoms with Gasteiger partial charge in [0.25, 0.3) is 0 Å². The van der Waals surface area contributed by atoms with Crippen molar-refractivity contribution >= 4 is 0 Å². The van der Waals surface area contributed by atoms with Gasteiger partial charge in [-0.25, -0.2) is 4.98 Å². The van der Waals surface area contributed by atoms with Gasteiger partial charge in [0.05, 0.1) is 24.9 Å². The number of hydrogen-bond acceptors (Lipinski definition) is 4. The summed E-state index contributed by atoms with van der Waals surface area (Å²) >= 11 is 0. The van der Waals surface area contributed by atoms with Crippen molar-refractivity contribution in [2.45, 2.75) is 32.7 Å². The molecule has 3 rings (SSSR count). The summed E-state index contributed by atoms with van der Waals surface area (Å²) in [7, 11) is 1.68. The molecule has 0 amide bonds. The van der Waals surface area contributed by atoms with E-state index in [4.69, 9.17) is 9.15 Å². The monoisotopic (exact) mass is 272 g/mol. The maximum atomic E-state index is 5.94. The number of nitrogens with one attached hydrogen (secondary N) is 1. The second-order valence-corrected chi connectivity index (χ2v) is 5.35. The fraction of sp³-hybridized carbons (Fsp3) is 0.438. The second-order valence-electron chi connectivity index (χ2n) is 5.35. The number of nitrogens with zero attached hydrogens (tertiary/aromatic N) is 1. The Hall–Kier alpha value is -1.81. The number of benzene rings is 1. The maximum Gasteiger partial charge on any atom is 0.212 e. The van der Waals surface area contributed by atoms with Crippen LogP contribution < -0.4 is 10.1 Å². The number of hydrogen-bond donors (Lipinski definition) is 1. The van der Waals surface area contributed by atoms with Crippen LogP contribution in [-0.2, 0) is 0 Å². The standard InChI is InChI=1S/C16H20N2O2/c1-10-7-12(14(19-3)8-11(10)2)15-9-18-16(20-15)13-5-4-6-17-13/h7-9,13,17H,4-6H2,1-3H3. The number of methoxy groups -OCH3 is 1. The van der Waals surface area contributed by atoms with Crippen molar-refractivity contribution in [2.24, 2.45) is 0 Å². The number of ether oxygens (including phenoxy) is 1. The lowest BCUT2D eigenvalue weighted by atomic mass is 10.0. The van der Waals surface area contributed by atoms with Gasteiger partial charge in [0.2, 0.25) is 5.89 Å². The lowest BCUT2D eigenvalue weighted by molar-refractivity contribution is 0.409. The predicted molar refractivity (Wildman–Crippen MR) is 77.9 cm³/mol. The zero-order chi connectivity index (χ0) is 14.1. The number of oxazole rings is 1. The van der Waals surface area contributed by atoms with Crippen molar-refractivity contribution in [3.05, 3.63) is 35.3 Å². The van der Waals surface area contributed by atoms with Crippen molar-refractivity contribution in [3.63, 3.8) is 0 Å². The Labute approximate surface area is 119 Å². The van der Waals surface area contributed by atoms with Crippen LogP contribution in [0.15, 0.2) is 22.7 Å². The smallest absolute Gasteiger partial charge is 0.212 e. The molecule has 106 valence electrons. The molecule has 0 saturated carbocycles. The minimum absolute atomic E-state index is 0.251. The van der Waals surface area contributed by atoms with Gasteiger partial charge in [-0.2, -0.15) is 0 Å². The molecule has 1 aromatic heterocycles. The van der Waals surface area contributed by atoms with Gasteiger partial charge in [0.1, 0.15) is 5.75 Å². The van der Waals surface area contributed by atoms with Crippen LogP contribution in [-0.4, -0.2) is 18.6 Å². The third-order valence-electron chi connectivity index (χ3n) is 3.96. The minimum Gasteiger partial charge on any atom is -0.496 e. The summed E-state index contributed by atoms with van der Waals surface area (Å²) in [5.41, 5.74) is 3.40. The van der Waals surface area contributed by atoms with Crippen LogP contribution in [0, 0.1) is 13.8 Å². The molecule has 4 nitrogen and oxygen atoms in total. The Morgan fingerprint density at radius 3 is 2.80 bits per heavy atom. The third kappa shape index (κ3) is 2.31. The molecule has 20 heavy (non-hydrogen) atoms. The Morgan fingerprint density at radius 1 is 1.30 bits per heavy atom. The molecule has 0 bridgehead atoms. The van der Waals surface area contributed by atoms with Crippen molar-refractivity contribution in [1.82, 2.24) is 10.3 Å². The highest BCUT2D eigenvalue weighted by molar-refractivity contribution is 5.67. The van der Waals surface area contributed by atoms with E-state index in [-0.39, 0.29) is 6.04 Å². The molecule has 0 radical (unpaired) electrons. The highest BCUT2D eigenvalue weighted by Gasteiger charge is 2.22. The molecular formula is C16H20N2O2. The number of rotatable bonds is 3. The van der Waals surface area contributed by atoms with E-state index < -0.39 is 0 Å². The molecule has 2 heterocycles. The Kier molecular flexibility index (Phi) is 3.49. The van der Waals surface area contributed by atoms with Gasteiger partial charge in [-0.05, 0) is 56.5 Å². The average molecular weight is 272 g/mol. The van der Waals surface area contributed by atoms with Gasteiger partial charge in [-0.15, -0.1) is 0 Å². The molecule has 1 atom stereocenters. The number of aryl methyl sites for hydroxylation is 2. The first-order valence-electron chi connectivity index (χ1n) is 7.03. The summed E-state index contributed by atoms with van der Waals surface area (Å²) in [4.78, 5) is 4.42. The van der Waals surface area contributed by atoms with Crippen LogP contribution in [0.5, 0.6) is 5.75 Å². The summed E-state index contributed by atoms with van der Waals surface area (Å²) in [6.45, 7) is 5.21. The van der Waals surface area contributed by atoms with Gasteiger partial charge in [0.15, 0.2) is 5.76 Å². The SMILES string of the molecule is COc1cc(C)c(C)cc1-c1cnc(C2CCCN2)o1. The van der Waals surface area contributed by atoms with Crippen LogP contribution in [0.1, 0.15) is 35.9 Å². The molecule has 1 aliphatic rings. The largest absolute Gasteiger partial charge is 0.496 e. The molecular weight excluding hydrogens is 252 g/mol. The summed E-state index contributed by atoms with van der Waals surface area (Å²) < 4.78 is 11.4. The summed E-state index contributed by atoms with van der Waals surface area (Å²) in [6.07, 6.45) is 4.06. The predicted octanol–water partition coefficient (Wildman–Crippen LogP) is 3.39. The topological polar surface area (TPSA) is 47.3 Å². The first-order valence-corrected chi connectivity index (χ1v) is 7.03. The molecule has 1 N–H and O–H groups in total. The van der Waals surface area contributed by atoms with Gasteiger partial charge in [-0.3, -0.25) is 0 Å². The number of aromatic nitrogens is 1. The van der Waals surface area contributed by atoms with E-state index in [1.54, 1.807) is 13.3 Å². The molecule has 1 unspecified atom stereocenters. The quantitative estimate of drug-likeness (QED) is 0.930. The van der Waals surface area contributed by atoms with Gasteiger partial charge in [0, 0.05) is 0 Å². The molecule has 1 aliphatic heterocycles. The molecule has 1 fully saturated rings. The van der Waals surface area contributed by atoms with Gasteiger partial charge in [-0.1, -0.05) is 0 Å². The van der Waals surface area contributed by atoms with E-state index in [1.807, 2.05) is 6.07 Å². The van der Waals surface area contributed by atoms with E-state index in [2.05, 4.69) is 30.2 Å². The van der Waals surface area contributed by atoms with Crippen molar-refractivity contribution in [2.75, 3.05) is 13.7 Å². The maximum absolute atomic E-state index is 5.94. The van der Waals surface area contributed by atoms with Crippen LogP contribution in [0.2, 0.25) is 0 Å². The van der Waals surface area contributed by atoms with E-state index in [1.165, 1.54) is 17.5 Å². The van der Waals surface area contributed by atoms with Gasteiger partial charge >= 0.3 is 0 Å². The third-order valence-corrected chi connectivity index (χ3v) is 3.96. The van der Waals surface area contributed by atoms with Crippen LogP contribution in [0.25, 0.3) is 11.3 Å². The fourth-order valence-corrected chi connectivity index (χ4v) is 2.62. The molecule has 2 aromatic rings. The van der Waals surface area contributed by atoms with Crippen molar-refractivity contribution in [3.8, 4) is 17.1 Å². The molecule has 0 spiro atoms. The van der Waals surface area contributed by atoms with Crippen molar-refractivity contribution in [1.29, 1.82) is 0 Å². The lowest BCUT2D eigenvalue weighted by Gasteiger charge is -2.10. The summed E-state index contributed by atoms with van der Waals surface area (Å²) in [6, 6.07) is 4.39. The molecule has 0 aliphatic carbocycles. The Morgan fingerprint density at radius 2 is 2.10 bits per heavy atom. The van der Waals surface area contributed by atoms with Crippen LogP contribution in [0.3, 0.4) is 0 Å². The van der Waals surface area contributed by atoms with E-state index in [9.17, 15) is 0 Å². The van der Waals surface area contributed by atoms with Gasteiger partial charge < -0.3 is 14.5 Å². The zero-order valence-electron chi connectivity index (χ0n) is 12.2. The lowest BCUT2D eigenvalue weighted by Crippen LogP contribution is -2.12. The average Bonchev–Trinajstić information content (AvgIpc) is 3.10. The molecule has 4 heteroatoms. The molecule has 1 aromatic carbocycles. The van der Waals surface area contributed by atoms with Crippen molar-refractivity contribution < 1.29 is 9.15 Å². The van der Waals surface area contributed by atoms with Crippen LogP contribution >= 0.6 is 0 Å². The second kappa shape index (κ2) is 5.29. The summed E-state index contributed by atoms with van der Waals surface area (Å²) in [5, 5.41) is 3.40. The first-order chi connectivity index (χ1) is 9.69.